The fraction of sp³-hybridized carbons (Fsp3) is 0.556. The van der Waals surface area contributed by atoms with E-state index in [0.29, 0.717) is 6.04 Å². The molecule has 0 spiro atoms. The molecule has 68 valence electrons. The summed E-state index contributed by atoms with van der Waals surface area (Å²) in [5.41, 5.74) is 0. The molecular weight excluding hydrogens is 234 g/mol. The molecule has 0 radical (unpaired) electrons. The Balaban J connectivity index is 2.47. The number of halogens is 1. The standard InChI is InChI=1S/C9H14BrNS/c1-3-4-11-7(2)9-5-8(10)6-12-9/h5-7,11H,3-4H2,1-2H3. The zero-order valence-corrected chi connectivity index (χ0v) is 9.83. The topological polar surface area (TPSA) is 12.0 Å². The second kappa shape index (κ2) is 5.00. The van der Waals surface area contributed by atoms with Crippen molar-refractivity contribution in [1.29, 1.82) is 0 Å². The van der Waals surface area contributed by atoms with Gasteiger partial charge in [0, 0.05) is 20.8 Å². The average molecular weight is 248 g/mol. The number of nitrogens with one attached hydrogen (secondary N) is 1. The van der Waals surface area contributed by atoms with Gasteiger partial charge in [0.1, 0.15) is 0 Å². The summed E-state index contributed by atoms with van der Waals surface area (Å²) in [6.45, 7) is 5.48. The van der Waals surface area contributed by atoms with E-state index in [1.165, 1.54) is 15.8 Å². The highest BCUT2D eigenvalue weighted by atomic mass is 79.9. The predicted molar refractivity (Wildman–Crippen MR) is 58.7 cm³/mol. The molecule has 0 fully saturated rings. The SMILES string of the molecule is CCCNC(C)c1cc(Br)cs1. The van der Waals surface area contributed by atoms with Gasteiger partial charge in [0.25, 0.3) is 0 Å². The summed E-state index contributed by atoms with van der Waals surface area (Å²) in [5, 5.41) is 5.58. The van der Waals surface area contributed by atoms with Crippen molar-refractivity contribution in [2.24, 2.45) is 0 Å². The van der Waals surface area contributed by atoms with E-state index in [-0.39, 0.29) is 0 Å². The highest BCUT2D eigenvalue weighted by molar-refractivity contribution is 9.10. The summed E-state index contributed by atoms with van der Waals surface area (Å²) < 4.78 is 1.19. The van der Waals surface area contributed by atoms with Crippen LogP contribution in [-0.4, -0.2) is 6.54 Å². The van der Waals surface area contributed by atoms with Gasteiger partial charge in [-0.2, -0.15) is 0 Å². The third-order valence-electron chi connectivity index (χ3n) is 1.72. The molecule has 1 aromatic heterocycles. The molecule has 1 rings (SSSR count). The fourth-order valence-electron chi connectivity index (χ4n) is 1.02. The Morgan fingerprint density at radius 1 is 1.67 bits per heavy atom. The second-order valence-electron chi connectivity index (χ2n) is 2.84. The van der Waals surface area contributed by atoms with Crippen LogP contribution in [0.25, 0.3) is 0 Å². The van der Waals surface area contributed by atoms with Crippen LogP contribution in [0.5, 0.6) is 0 Å². The number of hydrogen-bond acceptors (Lipinski definition) is 2. The molecule has 1 unspecified atom stereocenters. The second-order valence-corrected chi connectivity index (χ2v) is 4.70. The smallest absolute Gasteiger partial charge is 0.0386 e. The van der Waals surface area contributed by atoms with E-state index in [1.54, 1.807) is 11.3 Å². The average Bonchev–Trinajstić information content (AvgIpc) is 2.47. The van der Waals surface area contributed by atoms with Crippen molar-refractivity contribution < 1.29 is 0 Å². The van der Waals surface area contributed by atoms with Crippen LogP contribution in [0, 0.1) is 0 Å². The molecule has 0 saturated heterocycles. The van der Waals surface area contributed by atoms with E-state index in [0.717, 1.165) is 6.54 Å². The molecule has 0 bridgehead atoms. The number of rotatable bonds is 4. The molecule has 1 heterocycles. The molecule has 0 saturated carbocycles. The third-order valence-corrected chi connectivity index (χ3v) is 3.59. The van der Waals surface area contributed by atoms with Crippen LogP contribution < -0.4 is 5.32 Å². The molecule has 0 amide bonds. The minimum atomic E-state index is 0.487. The molecule has 1 N–H and O–H groups in total. The van der Waals surface area contributed by atoms with Crippen molar-refractivity contribution in [3.8, 4) is 0 Å². The van der Waals surface area contributed by atoms with Gasteiger partial charge in [-0.05, 0) is 41.9 Å². The maximum atomic E-state index is 3.45. The first-order valence-corrected chi connectivity index (χ1v) is 5.88. The Morgan fingerprint density at radius 2 is 2.42 bits per heavy atom. The van der Waals surface area contributed by atoms with E-state index in [2.05, 4.69) is 46.5 Å². The summed E-state index contributed by atoms with van der Waals surface area (Å²) in [7, 11) is 0. The maximum Gasteiger partial charge on any atom is 0.0386 e. The van der Waals surface area contributed by atoms with Crippen LogP contribution in [0.2, 0.25) is 0 Å². The Morgan fingerprint density at radius 3 is 2.92 bits per heavy atom. The third kappa shape index (κ3) is 2.88. The van der Waals surface area contributed by atoms with E-state index in [9.17, 15) is 0 Å². The van der Waals surface area contributed by atoms with Gasteiger partial charge in [0.2, 0.25) is 0 Å². The zero-order chi connectivity index (χ0) is 8.97. The van der Waals surface area contributed by atoms with E-state index >= 15 is 0 Å². The summed E-state index contributed by atoms with van der Waals surface area (Å²) in [6.07, 6.45) is 1.19. The lowest BCUT2D eigenvalue weighted by molar-refractivity contribution is 0.578. The van der Waals surface area contributed by atoms with Crippen molar-refractivity contribution in [3.05, 3.63) is 20.8 Å². The number of hydrogen-bond donors (Lipinski definition) is 1. The Labute approximate surface area is 86.3 Å². The van der Waals surface area contributed by atoms with Gasteiger partial charge in [0.05, 0.1) is 0 Å². The molecule has 1 aromatic rings. The molecule has 1 nitrogen and oxygen atoms in total. The largest absolute Gasteiger partial charge is 0.309 e. The van der Waals surface area contributed by atoms with Crippen LogP contribution in [0.3, 0.4) is 0 Å². The Kier molecular flexibility index (Phi) is 4.26. The van der Waals surface area contributed by atoms with Crippen LogP contribution in [0.15, 0.2) is 15.9 Å². The van der Waals surface area contributed by atoms with Crippen LogP contribution in [-0.2, 0) is 0 Å². The molecule has 3 heteroatoms. The van der Waals surface area contributed by atoms with Crippen molar-refractivity contribution in [2.75, 3.05) is 6.54 Å². The lowest BCUT2D eigenvalue weighted by Gasteiger charge is -2.10. The monoisotopic (exact) mass is 247 g/mol. The van der Waals surface area contributed by atoms with Crippen LogP contribution >= 0.6 is 27.3 Å². The van der Waals surface area contributed by atoms with E-state index in [1.807, 2.05) is 0 Å². The first-order chi connectivity index (χ1) is 5.74. The quantitative estimate of drug-likeness (QED) is 0.858. The molecular formula is C9H14BrNS. The molecule has 0 aliphatic heterocycles. The van der Waals surface area contributed by atoms with Gasteiger partial charge in [0.15, 0.2) is 0 Å². The van der Waals surface area contributed by atoms with Gasteiger partial charge in [-0.25, -0.2) is 0 Å². The minimum absolute atomic E-state index is 0.487. The van der Waals surface area contributed by atoms with E-state index < -0.39 is 0 Å². The van der Waals surface area contributed by atoms with Crippen molar-refractivity contribution in [2.45, 2.75) is 26.3 Å². The van der Waals surface area contributed by atoms with Gasteiger partial charge in [-0.3, -0.25) is 0 Å². The molecule has 0 aliphatic rings. The Hall–Kier alpha value is 0.140. The molecule has 0 aliphatic carbocycles. The Bertz CT molecular complexity index is 234. The lowest BCUT2D eigenvalue weighted by atomic mass is 10.2. The first-order valence-electron chi connectivity index (χ1n) is 4.21. The first kappa shape index (κ1) is 10.2. The van der Waals surface area contributed by atoms with Gasteiger partial charge < -0.3 is 5.32 Å². The van der Waals surface area contributed by atoms with Gasteiger partial charge >= 0.3 is 0 Å². The molecule has 12 heavy (non-hydrogen) atoms. The van der Waals surface area contributed by atoms with Crippen LogP contribution in [0.1, 0.15) is 31.2 Å². The molecule has 0 aromatic carbocycles. The fourth-order valence-corrected chi connectivity index (χ4v) is 2.49. The highest BCUT2D eigenvalue weighted by Gasteiger charge is 2.05. The van der Waals surface area contributed by atoms with Crippen molar-refractivity contribution >= 4 is 27.3 Å². The van der Waals surface area contributed by atoms with Gasteiger partial charge in [-0.15, -0.1) is 11.3 Å². The summed E-state index contributed by atoms with van der Waals surface area (Å²) in [5.74, 6) is 0. The zero-order valence-electron chi connectivity index (χ0n) is 7.43. The maximum absolute atomic E-state index is 3.45. The summed E-state index contributed by atoms with van der Waals surface area (Å²) in [6, 6.07) is 2.67. The predicted octanol–water partition coefficient (Wildman–Crippen LogP) is 3.57. The van der Waals surface area contributed by atoms with Crippen molar-refractivity contribution in [1.82, 2.24) is 5.32 Å². The van der Waals surface area contributed by atoms with Crippen LogP contribution in [0.4, 0.5) is 0 Å². The minimum Gasteiger partial charge on any atom is -0.309 e. The van der Waals surface area contributed by atoms with Gasteiger partial charge in [-0.1, -0.05) is 6.92 Å². The summed E-state index contributed by atoms with van der Waals surface area (Å²) in [4.78, 5) is 1.40. The number of thiophene rings is 1. The van der Waals surface area contributed by atoms with Crippen molar-refractivity contribution in [3.63, 3.8) is 0 Å². The van der Waals surface area contributed by atoms with E-state index in [4.69, 9.17) is 0 Å². The lowest BCUT2D eigenvalue weighted by Crippen LogP contribution is -2.18. The normalized spacial score (nSPS) is 13.2. The molecule has 1 atom stereocenters. The summed E-state index contributed by atoms with van der Waals surface area (Å²) >= 11 is 5.25. The highest BCUT2D eigenvalue weighted by Crippen LogP contribution is 2.25.